The lowest BCUT2D eigenvalue weighted by molar-refractivity contribution is 0.0868. The van der Waals surface area contributed by atoms with Crippen LogP contribution in [0.3, 0.4) is 0 Å². The normalized spacial score (nSPS) is 19.2. The van der Waals surface area contributed by atoms with E-state index in [0.717, 1.165) is 63.5 Å². The Morgan fingerprint density at radius 1 is 0.594 bits per heavy atom. The van der Waals surface area contributed by atoms with Crippen molar-refractivity contribution in [1.82, 2.24) is 19.6 Å². The third-order valence-corrected chi connectivity index (χ3v) is 6.67. The summed E-state index contributed by atoms with van der Waals surface area (Å²) >= 11 is 0. The second-order valence-corrected chi connectivity index (χ2v) is 9.10. The van der Waals surface area contributed by atoms with Gasteiger partial charge in [-0.1, -0.05) is 48.5 Å². The zero-order valence-electron chi connectivity index (χ0n) is 19.3. The highest BCUT2D eigenvalue weighted by molar-refractivity contribution is 6.08. The van der Waals surface area contributed by atoms with Gasteiger partial charge in [0, 0.05) is 63.5 Å². The van der Waals surface area contributed by atoms with E-state index in [9.17, 15) is 9.59 Å². The number of ketones is 2. The van der Waals surface area contributed by atoms with Crippen LogP contribution in [0.25, 0.3) is 11.1 Å². The molecule has 4 rings (SSSR count). The van der Waals surface area contributed by atoms with Crippen LogP contribution in [0.1, 0.15) is 20.7 Å². The maximum Gasteiger partial charge on any atom is 0.177 e. The first-order valence-corrected chi connectivity index (χ1v) is 11.6. The van der Waals surface area contributed by atoms with Gasteiger partial charge in [-0.2, -0.15) is 0 Å². The lowest BCUT2D eigenvalue weighted by Crippen LogP contribution is -2.46. The summed E-state index contributed by atoms with van der Waals surface area (Å²) in [5.74, 6) is 0.234. The lowest BCUT2D eigenvalue weighted by Gasteiger charge is -2.32. The first-order chi connectivity index (χ1) is 15.5. The molecule has 2 aromatic rings. The van der Waals surface area contributed by atoms with Crippen molar-refractivity contribution in [2.24, 2.45) is 0 Å². The highest BCUT2D eigenvalue weighted by Crippen LogP contribution is 2.28. The Bertz CT molecular complexity index is 867. The van der Waals surface area contributed by atoms with Crippen molar-refractivity contribution in [3.8, 4) is 11.1 Å². The van der Waals surface area contributed by atoms with Crippen molar-refractivity contribution in [3.05, 3.63) is 59.7 Å². The van der Waals surface area contributed by atoms with Gasteiger partial charge in [-0.05, 0) is 25.2 Å². The SMILES string of the molecule is CN1CCN(CC(=O)c2ccccc2-c2ccccc2C(=O)CN2CCN(C)CC2)CC1. The summed E-state index contributed by atoms with van der Waals surface area (Å²) in [5, 5.41) is 0. The minimum Gasteiger partial charge on any atom is -0.304 e. The number of rotatable bonds is 7. The summed E-state index contributed by atoms with van der Waals surface area (Å²) in [5.41, 5.74) is 3.11. The molecule has 0 aliphatic carbocycles. The molecule has 0 radical (unpaired) electrons. The molecule has 170 valence electrons. The molecule has 0 bridgehead atoms. The summed E-state index contributed by atoms with van der Waals surface area (Å²) in [6.07, 6.45) is 0. The van der Waals surface area contributed by atoms with Crippen LogP contribution in [0.4, 0.5) is 0 Å². The fraction of sp³-hybridized carbons (Fsp3) is 0.462. The van der Waals surface area contributed by atoms with Gasteiger partial charge < -0.3 is 9.80 Å². The van der Waals surface area contributed by atoms with Gasteiger partial charge in [0.15, 0.2) is 11.6 Å². The van der Waals surface area contributed by atoms with E-state index in [1.54, 1.807) is 0 Å². The molecule has 0 spiro atoms. The van der Waals surface area contributed by atoms with Crippen molar-refractivity contribution in [1.29, 1.82) is 0 Å². The molecule has 0 aromatic heterocycles. The second kappa shape index (κ2) is 10.5. The summed E-state index contributed by atoms with van der Waals surface area (Å²) in [4.78, 5) is 35.6. The van der Waals surface area contributed by atoms with E-state index < -0.39 is 0 Å². The molecular weight excluding hydrogens is 400 g/mol. The zero-order valence-corrected chi connectivity index (χ0v) is 19.3. The predicted molar refractivity (Wildman–Crippen MR) is 128 cm³/mol. The molecule has 0 saturated carbocycles. The summed E-state index contributed by atoms with van der Waals surface area (Å²) in [6.45, 7) is 8.41. The molecule has 6 nitrogen and oxygen atoms in total. The van der Waals surface area contributed by atoms with Crippen LogP contribution in [0.5, 0.6) is 0 Å². The van der Waals surface area contributed by atoms with Crippen LogP contribution in [-0.4, -0.2) is 111 Å². The number of benzene rings is 2. The molecule has 0 unspecified atom stereocenters. The maximum absolute atomic E-state index is 13.3. The van der Waals surface area contributed by atoms with E-state index in [4.69, 9.17) is 0 Å². The van der Waals surface area contributed by atoms with Gasteiger partial charge in [-0.3, -0.25) is 19.4 Å². The zero-order chi connectivity index (χ0) is 22.5. The van der Waals surface area contributed by atoms with Crippen molar-refractivity contribution in [3.63, 3.8) is 0 Å². The maximum atomic E-state index is 13.3. The molecular formula is C26H34N4O2. The van der Waals surface area contributed by atoms with Crippen molar-refractivity contribution in [2.75, 3.05) is 79.5 Å². The average Bonchev–Trinajstić information content (AvgIpc) is 2.82. The fourth-order valence-corrected chi connectivity index (χ4v) is 4.51. The molecule has 2 aromatic carbocycles. The van der Waals surface area contributed by atoms with Crippen LogP contribution in [0.2, 0.25) is 0 Å². The third kappa shape index (κ3) is 5.51. The Hall–Kier alpha value is -2.38. The number of nitrogens with zero attached hydrogens (tertiary/aromatic N) is 4. The Labute approximate surface area is 191 Å². The van der Waals surface area contributed by atoms with Gasteiger partial charge in [0.05, 0.1) is 13.1 Å². The summed E-state index contributed by atoms with van der Waals surface area (Å²) < 4.78 is 0. The highest BCUT2D eigenvalue weighted by Gasteiger charge is 2.23. The highest BCUT2D eigenvalue weighted by atomic mass is 16.1. The number of Topliss-reactive ketones (excluding diaryl/α,β-unsaturated/α-hetero) is 2. The van der Waals surface area contributed by atoms with E-state index in [2.05, 4.69) is 33.7 Å². The van der Waals surface area contributed by atoms with E-state index in [0.29, 0.717) is 24.2 Å². The van der Waals surface area contributed by atoms with E-state index in [-0.39, 0.29) is 11.6 Å². The molecule has 0 N–H and O–H groups in total. The summed E-state index contributed by atoms with van der Waals surface area (Å²) in [6, 6.07) is 15.5. The molecule has 6 heteroatoms. The number of carbonyl (C=O) groups is 2. The quantitative estimate of drug-likeness (QED) is 0.623. The number of hydrogen-bond acceptors (Lipinski definition) is 6. The van der Waals surface area contributed by atoms with Crippen molar-refractivity contribution in [2.45, 2.75) is 0 Å². The third-order valence-electron chi connectivity index (χ3n) is 6.67. The van der Waals surface area contributed by atoms with Crippen molar-refractivity contribution < 1.29 is 9.59 Å². The Kier molecular flexibility index (Phi) is 7.48. The molecule has 2 aliphatic heterocycles. The molecule has 0 amide bonds. The monoisotopic (exact) mass is 434 g/mol. The van der Waals surface area contributed by atoms with Crippen molar-refractivity contribution >= 4 is 11.6 Å². The minimum atomic E-state index is 0.117. The standard InChI is InChI=1S/C26H34N4O2/c1-27-11-15-29(16-12-27)19-25(31)23-9-5-3-7-21(23)22-8-4-6-10-24(22)26(32)20-30-17-13-28(2)14-18-30/h3-10H,11-20H2,1-2H3. The Balaban J connectivity index is 1.54. The molecule has 2 fully saturated rings. The fourth-order valence-electron chi connectivity index (χ4n) is 4.51. The second-order valence-electron chi connectivity index (χ2n) is 9.10. The van der Waals surface area contributed by atoms with Gasteiger partial charge >= 0.3 is 0 Å². The molecule has 32 heavy (non-hydrogen) atoms. The lowest BCUT2D eigenvalue weighted by atomic mass is 9.91. The molecule has 2 saturated heterocycles. The van der Waals surface area contributed by atoms with Crippen LogP contribution in [0, 0.1) is 0 Å². The van der Waals surface area contributed by atoms with E-state index in [1.807, 2.05) is 48.5 Å². The Morgan fingerprint density at radius 2 is 0.938 bits per heavy atom. The average molecular weight is 435 g/mol. The first kappa shape index (κ1) is 22.8. The van der Waals surface area contributed by atoms with Gasteiger partial charge in [0.1, 0.15) is 0 Å². The van der Waals surface area contributed by atoms with Crippen LogP contribution >= 0.6 is 0 Å². The largest absolute Gasteiger partial charge is 0.304 e. The summed E-state index contributed by atoms with van der Waals surface area (Å²) in [7, 11) is 4.23. The van der Waals surface area contributed by atoms with Crippen LogP contribution < -0.4 is 0 Å². The molecule has 2 heterocycles. The van der Waals surface area contributed by atoms with Gasteiger partial charge in [-0.15, -0.1) is 0 Å². The van der Waals surface area contributed by atoms with Crippen LogP contribution in [0.15, 0.2) is 48.5 Å². The number of carbonyl (C=O) groups excluding carboxylic acids is 2. The van der Waals surface area contributed by atoms with Crippen LogP contribution in [-0.2, 0) is 0 Å². The first-order valence-electron chi connectivity index (χ1n) is 11.6. The van der Waals surface area contributed by atoms with Gasteiger partial charge in [-0.25, -0.2) is 0 Å². The smallest absolute Gasteiger partial charge is 0.177 e. The number of likely N-dealkylation sites (N-methyl/N-ethyl adjacent to an activating group) is 2. The number of hydrogen-bond donors (Lipinski definition) is 0. The minimum absolute atomic E-state index is 0.117. The number of piperazine rings is 2. The van der Waals surface area contributed by atoms with Gasteiger partial charge in [0.2, 0.25) is 0 Å². The van der Waals surface area contributed by atoms with E-state index in [1.165, 1.54) is 0 Å². The van der Waals surface area contributed by atoms with Gasteiger partial charge in [0.25, 0.3) is 0 Å². The van der Waals surface area contributed by atoms with E-state index >= 15 is 0 Å². The molecule has 0 atom stereocenters. The molecule has 2 aliphatic rings. The Morgan fingerprint density at radius 3 is 1.31 bits per heavy atom. The topological polar surface area (TPSA) is 47.1 Å². The predicted octanol–water partition coefficient (Wildman–Crippen LogP) is 2.21.